The number of aryl methyl sites for hydroxylation is 1. The van der Waals surface area contributed by atoms with Crippen molar-refractivity contribution in [2.24, 2.45) is 0 Å². The summed E-state index contributed by atoms with van der Waals surface area (Å²) in [6, 6.07) is 0. The number of imidazole rings is 1. The zero-order valence-electron chi connectivity index (χ0n) is 11.7. The molecule has 0 unspecified atom stereocenters. The maximum absolute atomic E-state index is 10.1. The highest BCUT2D eigenvalue weighted by Gasteiger charge is 2.45. The Hall–Kier alpha value is -1.81. The van der Waals surface area contributed by atoms with Gasteiger partial charge in [-0.3, -0.25) is 4.57 Å². The molecule has 1 aliphatic heterocycles. The summed E-state index contributed by atoms with van der Waals surface area (Å²) in [6.45, 7) is 1.47. The van der Waals surface area contributed by atoms with Gasteiger partial charge in [0.15, 0.2) is 23.2 Å². The van der Waals surface area contributed by atoms with Gasteiger partial charge in [0.1, 0.15) is 30.5 Å². The molecule has 4 N–H and O–H groups in total. The third-order valence-electron chi connectivity index (χ3n) is 3.70. The molecule has 1 saturated heterocycles. The predicted octanol–water partition coefficient (Wildman–Crippen LogP) is -1.02. The number of aromatic nitrogens is 4. The summed E-state index contributed by atoms with van der Waals surface area (Å²) < 4.78 is 12.7. The van der Waals surface area contributed by atoms with E-state index >= 15 is 0 Å². The molecule has 0 aliphatic carbocycles. The van der Waals surface area contributed by atoms with Gasteiger partial charge in [0, 0.05) is 7.11 Å². The van der Waals surface area contributed by atoms with Crippen LogP contribution < -0.4 is 5.73 Å². The van der Waals surface area contributed by atoms with Crippen LogP contribution in [-0.2, 0) is 9.47 Å². The summed E-state index contributed by atoms with van der Waals surface area (Å²) >= 11 is 0. The number of aliphatic hydroxyl groups excluding tert-OH is 2. The Morgan fingerprint density at radius 2 is 2.24 bits per heavy atom. The molecule has 3 rings (SSSR count). The van der Waals surface area contributed by atoms with E-state index in [9.17, 15) is 10.2 Å². The number of hydrogen-bond acceptors (Lipinski definition) is 8. The van der Waals surface area contributed by atoms with Gasteiger partial charge in [-0.05, 0) is 6.92 Å². The van der Waals surface area contributed by atoms with Crippen molar-refractivity contribution in [2.75, 3.05) is 19.5 Å². The van der Waals surface area contributed by atoms with Crippen molar-refractivity contribution in [3.8, 4) is 0 Å². The number of anilines is 1. The van der Waals surface area contributed by atoms with E-state index in [0.717, 1.165) is 0 Å². The highest BCUT2D eigenvalue weighted by Crippen LogP contribution is 2.34. The van der Waals surface area contributed by atoms with Gasteiger partial charge in [-0.1, -0.05) is 0 Å². The number of ether oxygens (including phenoxy) is 2. The van der Waals surface area contributed by atoms with E-state index in [1.807, 2.05) is 0 Å². The fraction of sp³-hybridized carbons (Fsp3) is 0.583. The standard InChI is InChI=1S/C12H17N5O4/c1-5-16-7-10(13)14-4-15-11(7)17(5)12-9(20-2)8(19)6(3-18)21-12/h4,6,8-9,12,18-19H,3H2,1-2H3,(H2,13,14,15)/t6-,8+,9-,12-/m1/s1. The fourth-order valence-corrected chi connectivity index (χ4v) is 2.67. The molecule has 0 saturated carbocycles. The fourth-order valence-electron chi connectivity index (χ4n) is 2.67. The van der Waals surface area contributed by atoms with Gasteiger partial charge in [-0.25, -0.2) is 15.0 Å². The minimum absolute atomic E-state index is 0.271. The zero-order valence-corrected chi connectivity index (χ0v) is 11.7. The second-order valence-corrected chi connectivity index (χ2v) is 4.90. The highest BCUT2D eigenvalue weighted by atomic mass is 16.6. The molecule has 3 heterocycles. The first-order valence-corrected chi connectivity index (χ1v) is 6.50. The predicted molar refractivity (Wildman–Crippen MR) is 72.3 cm³/mol. The smallest absolute Gasteiger partial charge is 0.167 e. The monoisotopic (exact) mass is 295 g/mol. The van der Waals surface area contributed by atoms with E-state index < -0.39 is 24.5 Å². The van der Waals surface area contributed by atoms with Gasteiger partial charge < -0.3 is 25.4 Å². The Balaban J connectivity index is 2.12. The summed E-state index contributed by atoms with van der Waals surface area (Å²) in [6.07, 6.45) is -1.63. The number of rotatable bonds is 3. The van der Waals surface area contributed by atoms with Gasteiger partial charge in [0.05, 0.1) is 6.61 Å². The van der Waals surface area contributed by atoms with Crippen LogP contribution in [0.15, 0.2) is 6.33 Å². The van der Waals surface area contributed by atoms with Crippen molar-refractivity contribution in [1.82, 2.24) is 19.5 Å². The number of methoxy groups -OCH3 is 1. The molecule has 2 aromatic heterocycles. The number of nitrogens with two attached hydrogens (primary N) is 1. The van der Waals surface area contributed by atoms with Crippen LogP contribution in [0.1, 0.15) is 12.1 Å². The summed E-state index contributed by atoms with van der Waals surface area (Å²) in [5, 5.41) is 19.4. The van der Waals surface area contributed by atoms with Gasteiger partial charge >= 0.3 is 0 Å². The number of aliphatic hydroxyl groups is 2. The van der Waals surface area contributed by atoms with Gasteiger partial charge in [0.2, 0.25) is 0 Å². The summed E-state index contributed by atoms with van der Waals surface area (Å²) in [5.74, 6) is 0.878. The maximum atomic E-state index is 10.1. The Kier molecular flexibility index (Phi) is 3.49. The Morgan fingerprint density at radius 3 is 2.90 bits per heavy atom. The number of hydrogen-bond donors (Lipinski definition) is 3. The molecule has 1 aliphatic rings. The van der Waals surface area contributed by atoms with Crippen molar-refractivity contribution < 1.29 is 19.7 Å². The average molecular weight is 295 g/mol. The highest BCUT2D eigenvalue weighted by molar-refractivity contribution is 5.81. The lowest BCUT2D eigenvalue weighted by Gasteiger charge is -2.21. The van der Waals surface area contributed by atoms with Crippen molar-refractivity contribution in [2.45, 2.75) is 31.5 Å². The van der Waals surface area contributed by atoms with Crippen molar-refractivity contribution in [1.29, 1.82) is 0 Å². The van der Waals surface area contributed by atoms with Crippen LogP contribution in [0.2, 0.25) is 0 Å². The average Bonchev–Trinajstić information content (AvgIpc) is 2.96. The van der Waals surface area contributed by atoms with E-state index in [-0.39, 0.29) is 12.4 Å². The van der Waals surface area contributed by atoms with Crippen LogP contribution >= 0.6 is 0 Å². The lowest BCUT2D eigenvalue weighted by molar-refractivity contribution is -0.0592. The molecular weight excluding hydrogens is 278 g/mol. The van der Waals surface area contributed by atoms with E-state index in [1.54, 1.807) is 11.5 Å². The first-order valence-electron chi connectivity index (χ1n) is 6.50. The third-order valence-corrected chi connectivity index (χ3v) is 3.70. The molecule has 0 amide bonds. The first kappa shape index (κ1) is 14.1. The topological polar surface area (TPSA) is 129 Å². The first-order chi connectivity index (χ1) is 10.1. The lowest BCUT2D eigenvalue weighted by Crippen LogP contribution is -2.34. The molecule has 0 bridgehead atoms. The van der Waals surface area contributed by atoms with Crippen LogP contribution in [-0.4, -0.2) is 61.8 Å². The molecule has 2 aromatic rings. The minimum Gasteiger partial charge on any atom is -0.394 e. The number of fused-ring (bicyclic) bond motifs is 1. The zero-order chi connectivity index (χ0) is 15.1. The van der Waals surface area contributed by atoms with Crippen molar-refractivity contribution in [3.05, 3.63) is 12.2 Å². The second kappa shape index (κ2) is 5.19. The molecule has 0 spiro atoms. The van der Waals surface area contributed by atoms with Crippen LogP contribution in [0.3, 0.4) is 0 Å². The molecular formula is C12H17N5O4. The molecule has 114 valence electrons. The summed E-state index contributed by atoms with van der Waals surface area (Å²) in [7, 11) is 1.47. The van der Waals surface area contributed by atoms with Gasteiger partial charge in [-0.15, -0.1) is 0 Å². The van der Waals surface area contributed by atoms with Gasteiger partial charge in [-0.2, -0.15) is 0 Å². The van der Waals surface area contributed by atoms with Crippen molar-refractivity contribution >= 4 is 17.0 Å². The quantitative estimate of drug-likeness (QED) is 0.656. The maximum Gasteiger partial charge on any atom is 0.167 e. The summed E-state index contributed by atoms with van der Waals surface area (Å²) in [4.78, 5) is 12.4. The van der Waals surface area contributed by atoms with Crippen molar-refractivity contribution in [3.63, 3.8) is 0 Å². The second-order valence-electron chi connectivity index (χ2n) is 4.90. The third kappa shape index (κ3) is 2.05. The van der Waals surface area contributed by atoms with Gasteiger partial charge in [0.25, 0.3) is 0 Å². The lowest BCUT2D eigenvalue weighted by atomic mass is 10.1. The number of nitrogens with zero attached hydrogens (tertiary/aromatic N) is 4. The van der Waals surface area contributed by atoms with Crippen LogP contribution in [0.5, 0.6) is 0 Å². The van der Waals surface area contributed by atoms with E-state index in [4.69, 9.17) is 15.2 Å². The minimum atomic E-state index is -0.943. The van der Waals surface area contributed by atoms with E-state index in [1.165, 1.54) is 13.4 Å². The van der Waals surface area contributed by atoms with E-state index in [0.29, 0.717) is 17.0 Å². The van der Waals surface area contributed by atoms with Crippen LogP contribution in [0, 0.1) is 6.92 Å². The Labute approximate surface area is 120 Å². The number of nitrogen functional groups attached to an aromatic ring is 1. The Morgan fingerprint density at radius 1 is 1.48 bits per heavy atom. The normalized spacial score (nSPS) is 29.3. The molecule has 0 radical (unpaired) electrons. The molecule has 21 heavy (non-hydrogen) atoms. The molecule has 9 heteroatoms. The molecule has 1 fully saturated rings. The molecule has 9 nitrogen and oxygen atoms in total. The van der Waals surface area contributed by atoms with E-state index in [2.05, 4.69) is 15.0 Å². The Bertz CT molecular complexity index is 660. The molecule has 0 aromatic carbocycles. The van der Waals surface area contributed by atoms with Crippen LogP contribution in [0.25, 0.3) is 11.2 Å². The molecule has 4 atom stereocenters. The summed E-state index contributed by atoms with van der Waals surface area (Å²) in [5.41, 5.74) is 6.76. The SMILES string of the molecule is CO[C@@H]1[C@@H](O)[C@@H](CO)O[C@H]1n1c(C)nc2c(N)ncnc21. The largest absolute Gasteiger partial charge is 0.394 e. The van der Waals surface area contributed by atoms with Crippen LogP contribution in [0.4, 0.5) is 5.82 Å².